The lowest BCUT2D eigenvalue weighted by Gasteiger charge is -2.55. The summed E-state index contributed by atoms with van der Waals surface area (Å²) in [4.78, 5) is 22.0. The number of para-hydroxylation sites is 1. The summed E-state index contributed by atoms with van der Waals surface area (Å²) in [6.07, 6.45) is 3.67. The molecule has 2 heterocycles. The van der Waals surface area contributed by atoms with Gasteiger partial charge in [-0.3, -0.25) is 9.69 Å². The molecule has 0 unspecified atom stereocenters. The fourth-order valence-corrected chi connectivity index (χ4v) is 7.11. The van der Waals surface area contributed by atoms with Crippen LogP contribution in [0.15, 0.2) is 66.7 Å². The Morgan fingerprint density at radius 1 is 0.921 bits per heavy atom. The average Bonchev–Trinajstić information content (AvgIpc) is 3.28. The topological polar surface area (TPSA) is 39.3 Å². The van der Waals surface area contributed by atoms with Crippen molar-refractivity contribution >= 4 is 16.8 Å². The van der Waals surface area contributed by atoms with Crippen LogP contribution in [0.25, 0.3) is 10.9 Å². The molecule has 38 heavy (non-hydrogen) atoms. The summed E-state index contributed by atoms with van der Waals surface area (Å²) in [5, 5.41) is 1.20. The number of carbonyl (C=O) groups is 1. The van der Waals surface area contributed by atoms with Gasteiger partial charge in [0.25, 0.3) is 5.91 Å². The Morgan fingerprint density at radius 3 is 2.39 bits per heavy atom. The number of benzene rings is 3. The van der Waals surface area contributed by atoms with Crippen LogP contribution in [-0.2, 0) is 17.5 Å². The van der Waals surface area contributed by atoms with E-state index in [0.29, 0.717) is 24.9 Å². The number of H-pyrrole nitrogens is 1. The lowest BCUT2D eigenvalue weighted by Crippen LogP contribution is -2.58. The van der Waals surface area contributed by atoms with Crippen molar-refractivity contribution in [3.8, 4) is 0 Å². The highest BCUT2D eigenvalue weighted by atomic mass is 19.1. The molecule has 6 rings (SSSR count). The molecule has 0 saturated heterocycles. The monoisotopic (exact) mass is 513 g/mol. The third kappa shape index (κ3) is 3.77. The van der Waals surface area contributed by atoms with E-state index in [9.17, 15) is 13.6 Å². The van der Waals surface area contributed by atoms with E-state index in [1.54, 1.807) is 18.2 Å². The Morgan fingerprint density at radius 2 is 1.68 bits per heavy atom. The molecule has 1 N–H and O–H groups in total. The van der Waals surface area contributed by atoms with Crippen LogP contribution in [0.3, 0.4) is 0 Å². The molecule has 1 saturated carbocycles. The zero-order valence-electron chi connectivity index (χ0n) is 22.2. The summed E-state index contributed by atoms with van der Waals surface area (Å²) in [6, 6.07) is 19.8. The fourth-order valence-electron chi connectivity index (χ4n) is 7.11. The average molecular weight is 514 g/mol. The van der Waals surface area contributed by atoms with Crippen molar-refractivity contribution in [3.05, 3.63) is 106 Å². The van der Waals surface area contributed by atoms with Crippen LogP contribution < -0.4 is 0 Å². The number of aryl methyl sites for hydroxylation is 1. The second-order valence-corrected chi connectivity index (χ2v) is 11.2. The van der Waals surface area contributed by atoms with E-state index >= 15 is 0 Å². The predicted octanol–water partition coefficient (Wildman–Crippen LogP) is 6.68. The van der Waals surface area contributed by atoms with Crippen molar-refractivity contribution in [2.24, 2.45) is 0 Å². The molecule has 0 atom stereocenters. The van der Waals surface area contributed by atoms with Crippen molar-refractivity contribution in [1.29, 1.82) is 0 Å². The molecule has 6 heteroatoms. The molecule has 4 aromatic rings. The minimum Gasteiger partial charge on any atom is -0.356 e. The quantitative estimate of drug-likeness (QED) is 0.332. The third-order valence-corrected chi connectivity index (χ3v) is 9.04. The van der Waals surface area contributed by atoms with Gasteiger partial charge in [0, 0.05) is 34.2 Å². The van der Waals surface area contributed by atoms with Crippen LogP contribution in [0.1, 0.15) is 58.4 Å². The molecular formula is C32H33F2N3O. The van der Waals surface area contributed by atoms with Gasteiger partial charge in [-0.05, 0) is 106 Å². The van der Waals surface area contributed by atoms with Crippen molar-refractivity contribution in [2.75, 3.05) is 20.6 Å². The number of halogens is 2. The Hall–Kier alpha value is -3.51. The Kier molecular flexibility index (Phi) is 5.91. The molecule has 1 fully saturated rings. The molecule has 4 nitrogen and oxygen atoms in total. The number of fused-ring (bicyclic) bond motifs is 4. The van der Waals surface area contributed by atoms with Crippen LogP contribution in [0.4, 0.5) is 8.78 Å². The van der Waals surface area contributed by atoms with Crippen LogP contribution in [0.2, 0.25) is 0 Å². The highest BCUT2D eigenvalue weighted by Gasteiger charge is 2.53. The lowest BCUT2D eigenvalue weighted by molar-refractivity contribution is -0.0142. The lowest BCUT2D eigenvalue weighted by atomic mass is 9.65. The number of rotatable bonds is 3. The summed E-state index contributed by atoms with van der Waals surface area (Å²) >= 11 is 0. The van der Waals surface area contributed by atoms with E-state index in [4.69, 9.17) is 0 Å². The van der Waals surface area contributed by atoms with Gasteiger partial charge in [0.2, 0.25) is 0 Å². The Balaban J connectivity index is 1.47. The Bertz CT molecular complexity index is 1510. The van der Waals surface area contributed by atoms with E-state index in [2.05, 4.69) is 42.2 Å². The van der Waals surface area contributed by atoms with Gasteiger partial charge >= 0.3 is 0 Å². The molecule has 3 aromatic carbocycles. The number of hydrogen-bond donors (Lipinski definition) is 1. The SMILES string of the molecule is Cc1cc(F)cc(C(=O)N2CCc3c([nH]c4ccccc34)C23CCC(c2cccc(F)c2)(N(C)C)CC3)c1. The second kappa shape index (κ2) is 9.05. The number of amides is 1. The minimum atomic E-state index is -0.559. The minimum absolute atomic E-state index is 0.139. The van der Waals surface area contributed by atoms with Crippen molar-refractivity contribution in [3.63, 3.8) is 0 Å². The largest absolute Gasteiger partial charge is 0.356 e. The first-order chi connectivity index (χ1) is 18.2. The first-order valence-corrected chi connectivity index (χ1v) is 13.4. The second-order valence-electron chi connectivity index (χ2n) is 11.2. The number of aromatic nitrogens is 1. The number of hydrogen-bond acceptors (Lipinski definition) is 2. The van der Waals surface area contributed by atoms with E-state index < -0.39 is 11.4 Å². The first kappa shape index (κ1) is 24.8. The van der Waals surface area contributed by atoms with Gasteiger partial charge in [-0.25, -0.2) is 8.78 Å². The predicted molar refractivity (Wildman–Crippen MR) is 146 cm³/mol. The molecule has 1 aliphatic carbocycles. The van der Waals surface area contributed by atoms with Gasteiger partial charge in [0.1, 0.15) is 11.6 Å². The van der Waals surface area contributed by atoms with E-state index in [0.717, 1.165) is 41.6 Å². The molecular weight excluding hydrogens is 480 g/mol. The van der Waals surface area contributed by atoms with Crippen molar-refractivity contribution < 1.29 is 13.6 Å². The van der Waals surface area contributed by atoms with Crippen LogP contribution >= 0.6 is 0 Å². The van der Waals surface area contributed by atoms with Gasteiger partial charge in [-0.15, -0.1) is 0 Å². The zero-order chi connectivity index (χ0) is 26.7. The third-order valence-electron chi connectivity index (χ3n) is 9.04. The summed E-state index contributed by atoms with van der Waals surface area (Å²) in [5.74, 6) is -0.773. The molecule has 196 valence electrons. The van der Waals surface area contributed by atoms with Crippen molar-refractivity contribution in [2.45, 2.75) is 50.1 Å². The fraction of sp³-hybridized carbons (Fsp3) is 0.344. The van der Waals surface area contributed by atoms with Crippen LogP contribution in [0.5, 0.6) is 0 Å². The van der Waals surface area contributed by atoms with Gasteiger partial charge in [-0.1, -0.05) is 30.3 Å². The Labute approximate surface area is 222 Å². The van der Waals surface area contributed by atoms with Crippen molar-refractivity contribution in [1.82, 2.24) is 14.8 Å². The summed E-state index contributed by atoms with van der Waals surface area (Å²) in [6.45, 7) is 2.38. The molecule has 1 aromatic heterocycles. The normalized spacial score (nSPS) is 23.3. The standard InChI is InChI=1S/C32H33F2N3O/c1-21-17-22(19-25(34)18-21)30(38)37-16-11-27-26-9-4-5-10-28(26)35-29(27)32(37)14-12-31(13-15-32,36(2)3)23-7-6-8-24(33)20-23/h4-10,17-20,35H,11-16H2,1-3H3. The van der Waals surface area contributed by atoms with E-state index in [1.165, 1.54) is 29.1 Å². The zero-order valence-corrected chi connectivity index (χ0v) is 22.2. The number of carbonyl (C=O) groups excluding carboxylic acids is 1. The maximum Gasteiger partial charge on any atom is 0.254 e. The van der Waals surface area contributed by atoms with Gasteiger partial charge in [-0.2, -0.15) is 0 Å². The summed E-state index contributed by atoms with van der Waals surface area (Å²) < 4.78 is 28.7. The molecule has 1 aliphatic heterocycles. The molecule has 1 spiro atoms. The molecule has 2 aliphatic rings. The van der Waals surface area contributed by atoms with Crippen LogP contribution in [-0.4, -0.2) is 41.3 Å². The van der Waals surface area contributed by atoms with E-state index in [1.807, 2.05) is 24.0 Å². The number of nitrogens with one attached hydrogen (secondary N) is 1. The molecule has 0 radical (unpaired) electrons. The first-order valence-electron chi connectivity index (χ1n) is 13.4. The summed E-state index contributed by atoms with van der Waals surface area (Å²) in [7, 11) is 4.10. The maximum atomic E-state index is 14.4. The molecule has 1 amide bonds. The van der Waals surface area contributed by atoms with E-state index in [-0.39, 0.29) is 17.3 Å². The summed E-state index contributed by atoms with van der Waals surface area (Å²) in [5.41, 5.74) is 4.60. The molecule has 0 bridgehead atoms. The highest BCUT2D eigenvalue weighted by molar-refractivity contribution is 5.96. The smallest absolute Gasteiger partial charge is 0.254 e. The van der Waals surface area contributed by atoms with Gasteiger partial charge in [0.05, 0.1) is 5.54 Å². The van der Waals surface area contributed by atoms with Gasteiger partial charge in [0.15, 0.2) is 0 Å². The number of nitrogens with zero attached hydrogens (tertiary/aromatic N) is 2. The highest BCUT2D eigenvalue weighted by Crippen LogP contribution is 2.54. The number of aromatic amines is 1. The van der Waals surface area contributed by atoms with Crippen LogP contribution in [0, 0.1) is 18.6 Å². The maximum absolute atomic E-state index is 14.4. The van der Waals surface area contributed by atoms with Gasteiger partial charge < -0.3 is 9.88 Å².